The van der Waals surface area contributed by atoms with Gasteiger partial charge in [-0.2, -0.15) is 0 Å². The van der Waals surface area contributed by atoms with E-state index in [0.717, 1.165) is 17.7 Å². The Balaban J connectivity index is 2.73. The summed E-state index contributed by atoms with van der Waals surface area (Å²) >= 11 is 3.57. The van der Waals surface area contributed by atoms with Crippen LogP contribution in [0.1, 0.15) is 46.1 Å². The van der Waals surface area contributed by atoms with E-state index in [1.807, 2.05) is 6.07 Å². The third-order valence-electron chi connectivity index (χ3n) is 3.08. The Morgan fingerprint density at radius 1 is 1.22 bits per heavy atom. The molecule has 102 valence electrons. The van der Waals surface area contributed by atoms with E-state index in [2.05, 4.69) is 61.8 Å². The first-order valence-corrected chi connectivity index (χ1v) is 7.89. The predicted molar refractivity (Wildman–Crippen MR) is 82.8 cm³/mol. The van der Waals surface area contributed by atoms with Crippen molar-refractivity contribution in [2.75, 3.05) is 11.9 Å². The van der Waals surface area contributed by atoms with Gasteiger partial charge in [0, 0.05) is 11.2 Å². The number of halogens is 1. The highest BCUT2D eigenvalue weighted by Gasteiger charge is 2.19. The van der Waals surface area contributed by atoms with Gasteiger partial charge in [0.2, 0.25) is 0 Å². The summed E-state index contributed by atoms with van der Waals surface area (Å²) in [5, 5.41) is 1.01. The van der Waals surface area contributed by atoms with Crippen LogP contribution >= 0.6 is 15.9 Å². The van der Waals surface area contributed by atoms with Crippen LogP contribution in [0, 0.1) is 5.92 Å². The van der Waals surface area contributed by atoms with Crippen LogP contribution in [0.4, 0.5) is 0 Å². The Morgan fingerprint density at radius 3 is 2.44 bits per heavy atom. The Morgan fingerprint density at radius 2 is 1.89 bits per heavy atom. The van der Waals surface area contributed by atoms with Gasteiger partial charge in [-0.25, -0.2) is 0 Å². The maximum atomic E-state index is 6.04. The van der Waals surface area contributed by atoms with E-state index >= 15 is 0 Å². The van der Waals surface area contributed by atoms with Crippen LogP contribution < -0.4 is 4.74 Å². The van der Waals surface area contributed by atoms with Gasteiger partial charge in [-0.05, 0) is 23.5 Å². The third-order valence-corrected chi connectivity index (χ3v) is 4.00. The molecule has 1 aromatic carbocycles. The molecule has 0 aromatic heterocycles. The monoisotopic (exact) mass is 312 g/mol. The van der Waals surface area contributed by atoms with Gasteiger partial charge < -0.3 is 4.74 Å². The first-order valence-electron chi connectivity index (χ1n) is 6.77. The number of alkyl halides is 1. The molecule has 0 aliphatic carbocycles. The lowest BCUT2D eigenvalue weighted by atomic mass is 9.86. The third kappa shape index (κ3) is 4.64. The molecule has 1 unspecified atom stereocenters. The van der Waals surface area contributed by atoms with Gasteiger partial charge in [-0.15, -0.1) is 0 Å². The minimum Gasteiger partial charge on any atom is -0.493 e. The Bertz CT molecular complexity index is 354. The summed E-state index contributed by atoms with van der Waals surface area (Å²) in [6.07, 6.45) is 2.42. The molecule has 0 aliphatic rings. The van der Waals surface area contributed by atoms with E-state index in [0.29, 0.717) is 5.92 Å². The molecule has 0 heterocycles. The molecule has 0 radical (unpaired) electrons. The summed E-state index contributed by atoms with van der Waals surface area (Å²) in [6, 6.07) is 8.38. The summed E-state index contributed by atoms with van der Waals surface area (Å²) in [5.74, 6) is 1.63. The summed E-state index contributed by atoms with van der Waals surface area (Å²) in [5.41, 5.74) is 1.42. The number of hydrogen-bond donors (Lipinski definition) is 0. The molecule has 1 rings (SSSR count). The van der Waals surface area contributed by atoms with Crippen molar-refractivity contribution in [1.82, 2.24) is 0 Å². The fourth-order valence-electron chi connectivity index (χ4n) is 2.03. The molecule has 1 atom stereocenters. The molecule has 2 heteroatoms. The number of rotatable bonds is 6. The molecular weight excluding hydrogens is 288 g/mol. The van der Waals surface area contributed by atoms with Gasteiger partial charge in [0.15, 0.2) is 0 Å². The standard InChI is InChI=1S/C16H25BrO/c1-5-8-13(11-17)12-18-15-10-7-6-9-14(15)16(2,3)4/h6-7,9-10,13H,5,8,11-12H2,1-4H3. The lowest BCUT2D eigenvalue weighted by Gasteiger charge is -2.24. The molecule has 0 N–H and O–H groups in total. The number of hydrogen-bond acceptors (Lipinski definition) is 1. The van der Waals surface area contributed by atoms with E-state index < -0.39 is 0 Å². The Kier molecular flexibility index (Phi) is 6.20. The molecule has 18 heavy (non-hydrogen) atoms. The smallest absolute Gasteiger partial charge is 0.123 e. The molecule has 0 saturated heterocycles. The predicted octanol–water partition coefficient (Wildman–Crippen LogP) is 5.17. The summed E-state index contributed by atoms with van der Waals surface area (Å²) in [7, 11) is 0. The SMILES string of the molecule is CCCC(CBr)COc1ccccc1C(C)(C)C. The second-order valence-corrected chi connectivity index (χ2v) is 6.51. The van der Waals surface area contributed by atoms with Crippen LogP contribution in [0.3, 0.4) is 0 Å². The second kappa shape index (κ2) is 7.18. The van der Waals surface area contributed by atoms with Crippen molar-refractivity contribution in [2.24, 2.45) is 5.92 Å². The van der Waals surface area contributed by atoms with Crippen LogP contribution in [0.5, 0.6) is 5.75 Å². The summed E-state index contributed by atoms with van der Waals surface area (Å²) in [6.45, 7) is 9.70. The lowest BCUT2D eigenvalue weighted by molar-refractivity contribution is 0.250. The quantitative estimate of drug-likeness (QED) is 0.658. The molecule has 0 saturated carbocycles. The van der Waals surface area contributed by atoms with Crippen molar-refractivity contribution in [1.29, 1.82) is 0 Å². The van der Waals surface area contributed by atoms with E-state index in [1.165, 1.54) is 18.4 Å². The van der Waals surface area contributed by atoms with Gasteiger partial charge in [0.05, 0.1) is 6.61 Å². The molecular formula is C16H25BrO. The molecule has 1 aromatic rings. The summed E-state index contributed by atoms with van der Waals surface area (Å²) < 4.78 is 6.04. The van der Waals surface area contributed by atoms with E-state index in [1.54, 1.807) is 0 Å². The molecule has 1 nitrogen and oxygen atoms in total. The zero-order valence-corrected chi connectivity index (χ0v) is 13.6. The van der Waals surface area contributed by atoms with Crippen molar-refractivity contribution < 1.29 is 4.74 Å². The fraction of sp³-hybridized carbons (Fsp3) is 0.625. The van der Waals surface area contributed by atoms with Crippen molar-refractivity contribution >= 4 is 15.9 Å². The van der Waals surface area contributed by atoms with Crippen molar-refractivity contribution in [3.8, 4) is 5.75 Å². The van der Waals surface area contributed by atoms with Gasteiger partial charge in [0.1, 0.15) is 5.75 Å². The van der Waals surface area contributed by atoms with Crippen LogP contribution in [-0.2, 0) is 5.41 Å². The number of para-hydroxylation sites is 1. The highest BCUT2D eigenvalue weighted by Crippen LogP contribution is 2.31. The zero-order valence-electron chi connectivity index (χ0n) is 12.0. The van der Waals surface area contributed by atoms with Crippen LogP contribution in [0.25, 0.3) is 0 Å². The number of ether oxygens (including phenoxy) is 1. The van der Waals surface area contributed by atoms with Crippen LogP contribution in [0.15, 0.2) is 24.3 Å². The average Bonchev–Trinajstić information content (AvgIpc) is 2.33. The van der Waals surface area contributed by atoms with Gasteiger partial charge in [0.25, 0.3) is 0 Å². The van der Waals surface area contributed by atoms with Crippen molar-refractivity contribution in [2.45, 2.75) is 46.0 Å². The molecule has 0 spiro atoms. The fourth-order valence-corrected chi connectivity index (χ4v) is 2.54. The van der Waals surface area contributed by atoms with Crippen LogP contribution in [0.2, 0.25) is 0 Å². The first kappa shape index (κ1) is 15.6. The molecule has 0 amide bonds. The molecule has 0 fully saturated rings. The maximum Gasteiger partial charge on any atom is 0.123 e. The van der Waals surface area contributed by atoms with E-state index in [-0.39, 0.29) is 5.41 Å². The molecule has 0 aliphatic heterocycles. The van der Waals surface area contributed by atoms with Gasteiger partial charge in [-0.3, -0.25) is 0 Å². The van der Waals surface area contributed by atoms with Crippen LogP contribution in [-0.4, -0.2) is 11.9 Å². The second-order valence-electron chi connectivity index (χ2n) is 5.87. The highest BCUT2D eigenvalue weighted by molar-refractivity contribution is 9.09. The zero-order chi connectivity index (χ0) is 13.6. The lowest BCUT2D eigenvalue weighted by Crippen LogP contribution is -2.17. The normalized spacial score (nSPS) is 13.4. The average molecular weight is 313 g/mol. The molecule has 0 bridgehead atoms. The topological polar surface area (TPSA) is 9.23 Å². The summed E-state index contributed by atoms with van der Waals surface area (Å²) in [4.78, 5) is 0. The van der Waals surface area contributed by atoms with Crippen molar-refractivity contribution in [3.63, 3.8) is 0 Å². The van der Waals surface area contributed by atoms with Gasteiger partial charge in [-0.1, -0.05) is 68.2 Å². The Hall–Kier alpha value is -0.500. The van der Waals surface area contributed by atoms with E-state index in [4.69, 9.17) is 4.74 Å². The first-order chi connectivity index (χ1) is 8.49. The minimum atomic E-state index is 0.130. The Labute approximate surface area is 120 Å². The number of benzene rings is 1. The highest BCUT2D eigenvalue weighted by atomic mass is 79.9. The van der Waals surface area contributed by atoms with Crippen molar-refractivity contribution in [3.05, 3.63) is 29.8 Å². The minimum absolute atomic E-state index is 0.130. The maximum absolute atomic E-state index is 6.04. The largest absolute Gasteiger partial charge is 0.493 e. The van der Waals surface area contributed by atoms with E-state index in [9.17, 15) is 0 Å². The van der Waals surface area contributed by atoms with Gasteiger partial charge >= 0.3 is 0 Å².